The molecule has 3 nitrogen and oxygen atoms in total. The van der Waals surface area contributed by atoms with Gasteiger partial charge in [0.05, 0.1) is 23.0 Å². The van der Waals surface area contributed by atoms with Crippen LogP contribution in [0.1, 0.15) is 55.0 Å². The minimum atomic E-state index is -4.40. The molecule has 2 aromatic rings. The van der Waals surface area contributed by atoms with E-state index in [1.165, 1.54) is 12.1 Å². The zero-order chi connectivity index (χ0) is 21.8. The number of nitrogens with one attached hydrogen (secondary N) is 2. The summed E-state index contributed by atoms with van der Waals surface area (Å²) in [4.78, 5) is 13.2. The Balaban J connectivity index is 1.86. The van der Waals surface area contributed by atoms with Gasteiger partial charge >= 0.3 is 6.18 Å². The van der Waals surface area contributed by atoms with Crippen LogP contribution in [-0.4, -0.2) is 5.78 Å². The average Bonchev–Trinajstić information content (AvgIpc) is 2.77. The first kappa shape index (κ1) is 20.5. The monoisotopic (exact) mass is 414 g/mol. The first-order chi connectivity index (χ1) is 13.9. The summed E-state index contributed by atoms with van der Waals surface area (Å²) in [6.07, 6.45) is -3.30. The van der Waals surface area contributed by atoms with E-state index in [-0.39, 0.29) is 11.2 Å². The van der Waals surface area contributed by atoms with Crippen LogP contribution >= 0.6 is 0 Å². The normalized spacial score (nSPS) is 20.6. The number of benzene rings is 2. The zero-order valence-corrected chi connectivity index (χ0v) is 17.5. The minimum absolute atomic E-state index is 0.0207. The Morgan fingerprint density at radius 3 is 2.17 bits per heavy atom. The maximum atomic E-state index is 13.2. The molecular formula is C24H25F3N2O. The number of hydrogen-bond donors (Lipinski definition) is 2. The first-order valence-corrected chi connectivity index (χ1v) is 10.0. The number of Topliss-reactive ketones (excluding diaryl/α,β-unsaturated/α-hetero) is 1. The van der Waals surface area contributed by atoms with E-state index in [0.717, 1.165) is 40.3 Å². The smallest absolute Gasteiger partial charge is 0.372 e. The van der Waals surface area contributed by atoms with Crippen molar-refractivity contribution >= 4 is 17.2 Å². The topological polar surface area (TPSA) is 41.1 Å². The quantitative estimate of drug-likeness (QED) is 0.556. The third kappa shape index (κ3) is 3.71. The van der Waals surface area contributed by atoms with Crippen LogP contribution < -0.4 is 10.6 Å². The summed E-state index contributed by atoms with van der Waals surface area (Å²) in [6.45, 7) is 8.16. The molecule has 1 heterocycles. The van der Waals surface area contributed by atoms with Gasteiger partial charge in [0.2, 0.25) is 0 Å². The van der Waals surface area contributed by atoms with Crippen molar-refractivity contribution < 1.29 is 18.0 Å². The van der Waals surface area contributed by atoms with Gasteiger partial charge in [-0.1, -0.05) is 26.0 Å². The van der Waals surface area contributed by atoms with E-state index in [1.807, 2.05) is 26.0 Å². The Morgan fingerprint density at radius 2 is 1.57 bits per heavy atom. The van der Waals surface area contributed by atoms with Gasteiger partial charge in [-0.25, -0.2) is 0 Å². The van der Waals surface area contributed by atoms with Crippen LogP contribution in [0.4, 0.5) is 24.5 Å². The molecule has 0 unspecified atom stereocenters. The van der Waals surface area contributed by atoms with Crippen LogP contribution in [0.15, 0.2) is 47.7 Å². The van der Waals surface area contributed by atoms with E-state index in [9.17, 15) is 18.0 Å². The molecule has 30 heavy (non-hydrogen) atoms. The van der Waals surface area contributed by atoms with Gasteiger partial charge in [-0.15, -0.1) is 0 Å². The molecule has 2 N–H and O–H groups in total. The van der Waals surface area contributed by atoms with Gasteiger partial charge in [-0.2, -0.15) is 13.2 Å². The van der Waals surface area contributed by atoms with Crippen LogP contribution in [0.3, 0.4) is 0 Å². The average molecular weight is 414 g/mol. The molecule has 0 saturated carbocycles. The summed E-state index contributed by atoms with van der Waals surface area (Å²) in [6, 6.07) is 8.63. The molecular weight excluding hydrogens is 389 g/mol. The van der Waals surface area contributed by atoms with Crippen molar-refractivity contribution in [3.63, 3.8) is 0 Å². The molecule has 0 saturated heterocycles. The fraction of sp³-hybridized carbons (Fsp3) is 0.375. The molecule has 1 atom stereocenters. The first-order valence-electron chi connectivity index (χ1n) is 10.0. The van der Waals surface area contributed by atoms with E-state index >= 15 is 0 Å². The maximum Gasteiger partial charge on any atom is 0.416 e. The largest absolute Gasteiger partial charge is 0.416 e. The van der Waals surface area contributed by atoms with Crippen molar-refractivity contribution in [1.29, 1.82) is 0 Å². The lowest BCUT2D eigenvalue weighted by atomic mass is 9.73. The Morgan fingerprint density at radius 1 is 0.967 bits per heavy atom. The van der Waals surface area contributed by atoms with E-state index in [4.69, 9.17) is 0 Å². The second-order valence-corrected chi connectivity index (χ2v) is 9.14. The number of aryl methyl sites for hydroxylation is 2. The number of alkyl halides is 3. The van der Waals surface area contributed by atoms with E-state index in [2.05, 4.69) is 24.5 Å². The van der Waals surface area contributed by atoms with Crippen LogP contribution in [0.5, 0.6) is 0 Å². The number of allylic oxidation sites excluding steroid dienone is 1. The number of ketones is 1. The van der Waals surface area contributed by atoms with Gasteiger partial charge in [0.1, 0.15) is 0 Å². The van der Waals surface area contributed by atoms with Crippen molar-refractivity contribution in [3.8, 4) is 0 Å². The highest BCUT2D eigenvalue weighted by Crippen LogP contribution is 2.46. The molecule has 158 valence electrons. The van der Waals surface area contributed by atoms with Crippen LogP contribution in [0.2, 0.25) is 0 Å². The summed E-state index contributed by atoms with van der Waals surface area (Å²) < 4.78 is 39.1. The van der Waals surface area contributed by atoms with Crippen LogP contribution in [0, 0.1) is 19.3 Å². The van der Waals surface area contributed by atoms with Crippen LogP contribution in [-0.2, 0) is 11.0 Å². The summed E-state index contributed by atoms with van der Waals surface area (Å²) in [5.74, 6) is 0.0207. The van der Waals surface area contributed by atoms with Gasteiger partial charge in [0, 0.05) is 17.7 Å². The molecule has 0 radical (unpaired) electrons. The standard InChI is InChI=1S/C24H25F3N2O/c1-13-9-17-18(10-14(13)2)29-22(15-5-7-16(8-6-15)24(25,26)27)21-19(28-17)11-23(3,4)12-20(21)30/h5-10,22,28-29H,11-12H2,1-4H3/t22-/m1/s1. The van der Waals surface area contributed by atoms with Crippen molar-refractivity contribution in [2.24, 2.45) is 5.41 Å². The predicted molar refractivity (Wildman–Crippen MR) is 112 cm³/mol. The second-order valence-electron chi connectivity index (χ2n) is 9.14. The van der Waals surface area contributed by atoms with Crippen LogP contribution in [0.25, 0.3) is 0 Å². The molecule has 0 bridgehead atoms. The lowest BCUT2D eigenvalue weighted by Gasteiger charge is -2.34. The highest BCUT2D eigenvalue weighted by Gasteiger charge is 2.39. The Labute approximate surface area is 174 Å². The van der Waals surface area contributed by atoms with Crippen molar-refractivity contribution in [2.45, 2.75) is 52.8 Å². The summed E-state index contributed by atoms with van der Waals surface area (Å²) in [5.41, 5.74) is 5.15. The van der Waals surface area contributed by atoms with E-state index in [1.54, 1.807) is 0 Å². The number of carbonyl (C=O) groups is 1. The molecule has 0 fully saturated rings. The highest BCUT2D eigenvalue weighted by atomic mass is 19.4. The zero-order valence-electron chi connectivity index (χ0n) is 17.5. The second kappa shape index (κ2) is 6.89. The molecule has 0 spiro atoms. The number of fused-ring (bicyclic) bond motifs is 1. The maximum absolute atomic E-state index is 13.2. The van der Waals surface area contributed by atoms with Gasteiger partial charge in [0.25, 0.3) is 0 Å². The highest BCUT2D eigenvalue weighted by molar-refractivity contribution is 6.01. The van der Waals surface area contributed by atoms with Gasteiger partial charge in [0.15, 0.2) is 5.78 Å². The molecule has 6 heteroatoms. The lowest BCUT2D eigenvalue weighted by molar-refractivity contribution is -0.137. The summed E-state index contributed by atoms with van der Waals surface area (Å²) in [5, 5.41) is 6.90. The summed E-state index contributed by atoms with van der Waals surface area (Å²) in [7, 11) is 0. The Kier molecular flexibility index (Phi) is 4.71. The minimum Gasteiger partial charge on any atom is -0.372 e. The van der Waals surface area contributed by atoms with E-state index < -0.39 is 17.8 Å². The summed E-state index contributed by atoms with van der Waals surface area (Å²) >= 11 is 0. The molecule has 0 amide bonds. The molecule has 4 rings (SSSR count). The fourth-order valence-electron chi connectivity index (χ4n) is 4.32. The number of halogens is 3. The SMILES string of the molecule is Cc1cc2c(cc1C)N[C@H](c1ccc(C(F)(F)F)cc1)C1=C(CC(C)(C)CC1=O)N2. The van der Waals surface area contributed by atoms with Gasteiger partial charge < -0.3 is 10.6 Å². The Bertz CT molecular complexity index is 1050. The fourth-order valence-corrected chi connectivity index (χ4v) is 4.32. The van der Waals surface area contributed by atoms with Crippen molar-refractivity contribution in [3.05, 3.63) is 69.9 Å². The molecule has 0 aromatic heterocycles. The molecule has 2 aliphatic rings. The Hall–Kier alpha value is -2.76. The van der Waals surface area contributed by atoms with Gasteiger partial charge in [-0.05, 0) is 66.6 Å². The number of rotatable bonds is 1. The van der Waals surface area contributed by atoms with Gasteiger partial charge in [-0.3, -0.25) is 4.79 Å². The van der Waals surface area contributed by atoms with Crippen molar-refractivity contribution in [2.75, 3.05) is 10.6 Å². The lowest BCUT2D eigenvalue weighted by Crippen LogP contribution is -2.31. The molecule has 1 aliphatic heterocycles. The number of carbonyl (C=O) groups excluding carboxylic acids is 1. The number of anilines is 2. The predicted octanol–water partition coefficient (Wildman–Crippen LogP) is 6.54. The molecule has 1 aliphatic carbocycles. The molecule has 2 aromatic carbocycles. The third-order valence-electron chi connectivity index (χ3n) is 6.00. The van der Waals surface area contributed by atoms with Crippen molar-refractivity contribution in [1.82, 2.24) is 0 Å². The number of hydrogen-bond acceptors (Lipinski definition) is 3. The third-order valence-corrected chi connectivity index (χ3v) is 6.00. The van der Waals surface area contributed by atoms with E-state index in [0.29, 0.717) is 24.0 Å².